The van der Waals surface area contributed by atoms with E-state index in [2.05, 4.69) is 36.2 Å². The van der Waals surface area contributed by atoms with Gasteiger partial charge < -0.3 is 26.3 Å². The molecule has 2 heterocycles. The number of nitrogens with one attached hydrogen (secondary N) is 5. The number of para-hydroxylation sites is 1. The maximum absolute atomic E-state index is 12.8. The first-order valence-electron chi connectivity index (χ1n) is 12.5. The number of hydrogen-bond acceptors (Lipinski definition) is 6. The molecule has 9 nitrogen and oxygen atoms in total. The van der Waals surface area contributed by atoms with Crippen LogP contribution in [0.15, 0.2) is 97.3 Å². The number of carbonyl (C=O) groups is 2. The van der Waals surface area contributed by atoms with Crippen molar-refractivity contribution in [3.63, 3.8) is 0 Å². The van der Waals surface area contributed by atoms with E-state index < -0.39 is 0 Å². The molecule has 5 aromatic rings. The van der Waals surface area contributed by atoms with E-state index >= 15 is 0 Å². The highest BCUT2D eigenvalue weighted by Crippen LogP contribution is 2.32. The lowest BCUT2D eigenvalue weighted by atomic mass is 10.1. The van der Waals surface area contributed by atoms with E-state index in [-0.39, 0.29) is 11.8 Å². The molecule has 0 radical (unpaired) electrons. The third-order valence-corrected chi connectivity index (χ3v) is 6.25. The Hall–Kier alpha value is -4.99. The number of carbonyl (C=O) groups excluding carboxylic acids is 2. The molecule has 200 valence electrons. The van der Waals surface area contributed by atoms with Gasteiger partial charge in [0.25, 0.3) is 5.91 Å². The van der Waals surface area contributed by atoms with Gasteiger partial charge in [-0.2, -0.15) is 0 Å². The molecule has 0 atom stereocenters. The monoisotopic (exact) mass is 551 g/mol. The third-order valence-electron chi connectivity index (χ3n) is 5.97. The fourth-order valence-electron chi connectivity index (χ4n) is 4.06. The van der Waals surface area contributed by atoms with E-state index in [9.17, 15) is 9.59 Å². The van der Waals surface area contributed by atoms with Crippen LogP contribution in [-0.4, -0.2) is 40.4 Å². The van der Waals surface area contributed by atoms with Crippen molar-refractivity contribution < 1.29 is 9.59 Å². The zero-order valence-electron chi connectivity index (χ0n) is 21.5. The number of nitrogens with zero attached hydrogens (tertiary/aromatic N) is 2. The number of likely N-dealkylation sites (N-methyl/N-ethyl adjacent to an activating group) is 1. The summed E-state index contributed by atoms with van der Waals surface area (Å²) in [6.07, 6.45) is 6.62. The van der Waals surface area contributed by atoms with Gasteiger partial charge >= 0.3 is 0 Å². The Balaban J connectivity index is 1.26. The number of amides is 2. The van der Waals surface area contributed by atoms with Gasteiger partial charge in [-0.25, -0.2) is 9.97 Å². The molecule has 10 heteroatoms. The summed E-state index contributed by atoms with van der Waals surface area (Å²) in [4.78, 5) is 37.0. The van der Waals surface area contributed by atoms with Crippen molar-refractivity contribution >= 4 is 57.3 Å². The third kappa shape index (κ3) is 6.35. The second-order valence-electron chi connectivity index (χ2n) is 8.82. The molecular weight excluding hydrogens is 526 g/mol. The minimum Gasteiger partial charge on any atom is -0.360 e. The van der Waals surface area contributed by atoms with E-state index in [1.165, 1.54) is 6.08 Å². The van der Waals surface area contributed by atoms with Crippen LogP contribution in [-0.2, 0) is 4.79 Å². The van der Waals surface area contributed by atoms with Gasteiger partial charge in [0.15, 0.2) is 0 Å². The molecule has 2 amide bonds. The molecule has 0 saturated carbocycles. The van der Waals surface area contributed by atoms with Crippen LogP contribution in [0.5, 0.6) is 0 Å². The largest absolute Gasteiger partial charge is 0.360 e. The van der Waals surface area contributed by atoms with Crippen molar-refractivity contribution in [3.8, 4) is 11.3 Å². The first-order chi connectivity index (χ1) is 19.5. The summed E-state index contributed by atoms with van der Waals surface area (Å²) in [6.45, 7) is 0.599. The molecule has 5 N–H and O–H groups in total. The fraction of sp³-hybridized carbons (Fsp3) is 0.0667. The number of aromatic amines is 1. The quantitative estimate of drug-likeness (QED) is 0.143. The molecule has 0 fully saturated rings. The fourth-order valence-corrected chi connectivity index (χ4v) is 4.26. The number of rotatable bonds is 9. The standard InChI is InChI=1S/C30H26ClN7O2/c1-32-15-5-10-27(39)35-20-13-11-19(12-14-20)29(40)36-21-6-4-7-22(16-21)37-30-34-18-25(31)28(38-30)24-17-33-26-9-3-2-8-23(24)26/h2-14,16-18,32-33H,15H2,1H3,(H,35,39)(H,36,40)(H,34,37,38)/b10-5+. The Kier molecular flexibility index (Phi) is 8.15. The van der Waals surface area contributed by atoms with E-state index in [0.29, 0.717) is 45.8 Å². The van der Waals surface area contributed by atoms with E-state index in [0.717, 1.165) is 16.5 Å². The molecule has 0 bridgehead atoms. The number of fused-ring (bicyclic) bond motifs is 1. The number of halogens is 1. The predicted molar refractivity (Wildman–Crippen MR) is 160 cm³/mol. The lowest BCUT2D eigenvalue weighted by Crippen LogP contribution is -2.13. The maximum atomic E-state index is 12.8. The maximum Gasteiger partial charge on any atom is 0.255 e. The average molecular weight is 552 g/mol. The van der Waals surface area contributed by atoms with E-state index in [1.54, 1.807) is 55.7 Å². The molecule has 0 spiro atoms. The summed E-state index contributed by atoms with van der Waals surface area (Å²) in [6, 6.07) is 21.8. The number of aromatic nitrogens is 3. The second kappa shape index (κ2) is 12.2. The van der Waals surface area contributed by atoms with Crippen molar-refractivity contribution in [3.05, 3.63) is 108 Å². The molecular formula is C30H26ClN7O2. The van der Waals surface area contributed by atoms with Crippen molar-refractivity contribution in [2.75, 3.05) is 29.5 Å². The number of anilines is 4. The van der Waals surface area contributed by atoms with Gasteiger partial charge in [0.05, 0.1) is 16.9 Å². The lowest BCUT2D eigenvalue weighted by molar-refractivity contribution is -0.111. The highest BCUT2D eigenvalue weighted by Gasteiger charge is 2.13. The van der Waals surface area contributed by atoms with Crippen LogP contribution in [0.1, 0.15) is 10.4 Å². The van der Waals surface area contributed by atoms with Gasteiger partial charge in [0, 0.05) is 57.9 Å². The van der Waals surface area contributed by atoms with Gasteiger partial charge in [-0.15, -0.1) is 0 Å². The van der Waals surface area contributed by atoms with Crippen molar-refractivity contribution in [1.29, 1.82) is 0 Å². The summed E-state index contributed by atoms with van der Waals surface area (Å²) in [7, 11) is 1.80. The molecule has 2 aromatic heterocycles. The predicted octanol–water partition coefficient (Wildman–Crippen LogP) is 5.99. The Morgan fingerprint density at radius 2 is 1.75 bits per heavy atom. The van der Waals surface area contributed by atoms with E-state index in [1.807, 2.05) is 42.6 Å². The van der Waals surface area contributed by atoms with Crippen molar-refractivity contribution in [2.24, 2.45) is 0 Å². The van der Waals surface area contributed by atoms with Crippen LogP contribution >= 0.6 is 11.6 Å². The summed E-state index contributed by atoms with van der Waals surface area (Å²) in [5.41, 5.74) is 4.80. The van der Waals surface area contributed by atoms with Gasteiger partial charge in [-0.1, -0.05) is 41.9 Å². The second-order valence-corrected chi connectivity index (χ2v) is 9.23. The molecule has 0 unspecified atom stereocenters. The zero-order valence-corrected chi connectivity index (χ0v) is 22.3. The summed E-state index contributed by atoms with van der Waals surface area (Å²) in [5.74, 6) is -0.157. The van der Waals surface area contributed by atoms with Crippen LogP contribution in [0, 0.1) is 0 Å². The van der Waals surface area contributed by atoms with Crippen molar-refractivity contribution in [1.82, 2.24) is 20.3 Å². The molecule has 5 rings (SSSR count). The molecule has 0 aliphatic heterocycles. The van der Waals surface area contributed by atoms with Crippen LogP contribution < -0.4 is 21.3 Å². The number of H-pyrrole nitrogens is 1. The summed E-state index contributed by atoms with van der Waals surface area (Å²) >= 11 is 6.45. The van der Waals surface area contributed by atoms with Gasteiger partial charge in [0.2, 0.25) is 11.9 Å². The van der Waals surface area contributed by atoms with Gasteiger partial charge in [-0.3, -0.25) is 9.59 Å². The molecule has 3 aromatic carbocycles. The van der Waals surface area contributed by atoms with Crippen LogP contribution in [0.25, 0.3) is 22.2 Å². The Morgan fingerprint density at radius 1 is 0.950 bits per heavy atom. The zero-order chi connectivity index (χ0) is 27.9. The van der Waals surface area contributed by atoms with Crippen LogP contribution in [0.4, 0.5) is 23.0 Å². The molecule has 0 aliphatic rings. The van der Waals surface area contributed by atoms with Gasteiger partial charge in [-0.05, 0) is 55.6 Å². The Labute approximate surface area is 235 Å². The van der Waals surface area contributed by atoms with E-state index in [4.69, 9.17) is 11.6 Å². The lowest BCUT2D eigenvalue weighted by Gasteiger charge is -2.10. The SMILES string of the molecule is CNC/C=C/C(=O)Nc1ccc(C(=O)Nc2cccc(Nc3ncc(Cl)c(-c4c[nH]c5ccccc45)n3)c2)cc1. The minimum atomic E-state index is -0.284. The topological polar surface area (TPSA) is 124 Å². The molecule has 0 aliphatic carbocycles. The van der Waals surface area contributed by atoms with Crippen LogP contribution in [0.2, 0.25) is 5.02 Å². The Morgan fingerprint density at radius 3 is 2.58 bits per heavy atom. The van der Waals surface area contributed by atoms with Crippen molar-refractivity contribution in [2.45, 2.75) is 0 Å². The highest BCUT2D eigenvalue weighted by molar-refractivity contribution is 6.33. The average Bonchev–Trinajstić information content (AvgIpc) is 3.39. The summed E-state index contributed by atoms with van der Waals surface area (Å²) in [5, 5.41) is 13.2. The normalized spacial score (nSPS) is 11.1. The molecule has 0 saturated heterocycles. The number of benzene rings is 3. The summed E-state index contributed by atoms with van der Waals surface area (Å²) < 4.78 is 0. The first kappa shape index (κ1) is 26.6. The Bertz CT molecular complexity index is 1700. The highest BCUT2D eigenvalue weighted by atomic mass is 35.5. The first-order valence-corrected chi connectivity index (χ1v) is 12.9. The molecule has 40 heavy (non-hydrogen) atoms. The minimum absolute atomic E-state index is 0.241. The smallest absolute Gasteiger partial charge is 0.255 e. The van der Waals surface area contributed by atoms with Gasteiger partial charge in [0.1, 0.15) is 0 Å². The number of hydrogen-bond donors (Lipinski definition) is 5. The van der Waals surface area contributed by atoms with Crippen LogP contribution in [0.3, 0.4) is 0 Å².